The first-order chi connectivity index (χ1) is 9.88. The molecule has 1 heterocycles. The lowest BCUT2D eigenvalue weighted by Gasteiger charge is -2.37. The van der Waals surface area contributed by atoms with Crippen molar-refractivity contribution in [1.29, 1.82) is 0 Å². The molecule has 1 aliphatic heterocycles. The lowest BCUT2D eigenvalue weighted by molar-refractivity contribution is 0.654. The van der Waals surface area contributed by atoms with Gasteiger partial charge in [-0.15, -0.1) is 4.91 Å². The van der Waals surface area contributed by atoms with Crippen LogP contribution in [0.3, 0.4) is 0 Å². The molecule has 0 aromatic heterocycles. The Bertz CT molecular complexity index is 577. The fourth-order valence-electron chi connectivity index (χ4n) is 2.65. The Kier molecular flexibility index (Phi) is 3.63. The van der Waals surface area contributed by atoms with Crippen molar-refractivity contribution < 1.29 is 0 Å². The number of anilines is 2. The molecule has 2 aromatic rings. The standard InChI is InChI=1S/C16H17N3O/c20-17-15-8-4-5-9-16(15)19-12-10-18(11-13-19)14-6-2-1-3-7-14/h1-9H,10-13H2. The van der Waals surface area contributed by atoms with E-state index in [2.05, 4.69) is 39.2 Å². The summed E-state index contributed by atoms with van der Waals surface area (Å²) in [5.41, 5.74) is 2.73. The van der Waals surface area contributed by atoms with Gasteiger partial charge in [0.25, 0.3) is 0 Å². The van der Waals surface area contributed by atoms with Crippen LogP contribution >= 0.6 is 0 Å². The molecule has 2 aromatic carbocycles. The fourth-order valence-corrected chi connectivity index (χ4v) is 2.65. The van der Waals surface area contributed by atoms with Crippen LogP contribution in [0.1, 0.15) is 0 Å². The van der Waals surface area contributed by atoms with Gasteiger partial charge in [0.05, 0.1) is 5.69 Å². The number of benzene rings is 2. The van der Waals surface area contributed by atoms with Crippen molar-refractivity contribution >= 4 is 17.1 Å². The van der Waals surface area contributed by atoms with Gasteiger partial charge in [0, 0.05) is 31.9 Å². The predicted octanol–water partition coefficient (Wildman–Crippen LogP) is 3.41. The van der Waals surface area contributed by atoms with Crippen LogP contribution in [-0.4, -0.2) is 26.2 Å². The van der Waals surface area contributed by atoms with Gasteiger partial charge >= 0.3 is 0 Å². The molecule has 0 bridgehead atoms. The second-order valence-electron chi connectivity index (χ2n) is 4.89. The lowest BCUT2D eigenvalue weighted by Crippen LogP contribution is -2.46. The predicted molar refractivity (Wildman–Crippen MR) is 82.8 cm³/mol. The third-order valence-corrected chi connectivity index (χ3v) is 3.72. The first-order valence-corrected chi connectivity index (χ1v) is 6.86. The number of nitrogens with zero attached hydrogens (tertiary/aromatic N) is 3. The Morgan fingerprint density at radius 1 is 0.750 bits per heavy atom. The molecule has 0 unspecified atom stereocenters. The summed E-state index contributed by atoms with van der Waals surface area (Å²) < 4.78 is 0. The van der Waals surface area contributed by atoms with Gasteiger partial charge in [-0.2, -0.15) is 0 Å². The quantitative estimate of drug-likeness (QED) is 0.799. The molecule has 1 aliphatic rings. The fraction of sp³-hybridized carbons (Fsp3) is 0.250. The highest BCUT2D eigenvalue weighted by Gasteiger charge is 2.19. The van der Waals surface area contributed by atoms with Gasteiger partial charge in [0.1, 0.15) is 5.69 Å². The van der Waals surface area contributed by atoms with Gasteiger partial charge in [-0.05, 0) is 29.4 Å². The molecule has 0 radical (unpaired) electrons. The molecule has 0 aliphatic carbocycles. The zero-order chi connectivity index (χ0) is 13.8. The van der Waals surface area contributed by atoms with Crippen LogP contribution in [0, 0.1) is 4.91 Å². The highest BCUT2D eigenvalue weighted by atomic mass is 16.3. The Morgan fingerprint density at radius 3 is 2.05 bits per heavy atom. The van der Waals surface area contributed by atoms with E-state index in [0.29, 0.717) is 5.69 Å². The average Bonchev–Trinajstić information content (AvgIpc) is 2.56. The van der Waals surface area contributed by atoms with Gasteiger partial charge in [-0.25, -0.2) is 0 Å². The first-order valence-electron chi connectivity index (χ1n) is 6.86. The van der Waals surface area contributed by atoms with E-state index in [9.17, 15) is 4.91 Å². The Hall–Kier alpha value is -2.36. The van der Waals surface area contributed by atoms with E-state index in [1.807, 2.05) is 24.3 Å². The number of para-hydroxylation sites is 2. The van der Waals surface area contributed by atoms with Gasteiger partial charge in [0.15, 0.2) is 0 Å². The minimum Gasteiger partial charge on any atom is -0.368 e. The summed E-state index contributed by atoms with van der Waals surface area (Å²) in [5.74, 6) is 0. The lowest BCUT2D eigenvalue weighted by atomic mass is 10.2. The third kappa shape index (κ3) is 2.50. The first kappa shape index (κ1) is 12.7. The van der Waals surface area contributed by atoms with E-state index in [-0.39, 0.29) is 0 Å². The molecule has 0 saturated carbocycles. The van der Waals surface area contributed by atoms with Gasteiger partial charge in [-0.3, -0.25) is 0 Å². The SMILES string of the molecule is O=Nc1ccccc1N1CCN(c2ccccc2)CC1. The molecule has 1 fully saturated rings. The molecular formula is C16H17N3O. The van der Waals surface area contributed by atoms with Crippen molar-refractivity contribution in [3.05, 3.63) is 59.5 Å². The molecule has 102 valence electrons. The molecule has 0 N–H and O–H groups in total. The monoisotopic (exact) mass is 267 g/mol. The topological polar surface area (TPSA) is 35.9 Å². The third-order valence-electron chi connectivity index (χ3n) is 3.72. The maximum Gasteiger partial charge on any atom is 0.131 e. The van der Waals surface area contributed by atoms with Crippen LogP contribution in [0.4, 0.5) is 17.1 Å². The number of hydrogen-bond donors (Lipinski definition) is 0. The van der Waals surface area contributed by atoms with Gasteiger partial charge in [0.2, 0.25) is 0 Å². The largest absolute Gasteiger partial charge is 0.368 e. The summed E-state index contributed by atoms with van der Waals surface area (Å²) >= 11 is 0. The molecule has 1 saturated heterocycles. The second kappa shape index (κ2) is 5.74. The molecular weight excluding hydrogens is 250 g/mol. The molecule has 4 nitrogen and oxygen atoms in total. The van der Waals surface area contributed by atoms with E-state index in [0.717, 1.165) is 31.9 Å². The smallest absolute Gasteiger partial charge is 0.131 e. The number of piperazine rings is 1. The maximum absolute atomic E-state index is 10.9. The van der Waals surface area contributed by atoms with E-state index < -0.39 is 0 Å². The Labute approximate surface area is 118 Å². The van der Waals surface area contributed by atoms with Crippen LogP contribution in [0.25, 0.3) is 0 Å². The number of hydrogen-bond acceptors (Lipinski definition) is 4. The minimum absolute atomic E-state index is 0.528. The summed E-state index contributed by atoms with van der Waals surface area (Å²) in [6.07, 6.45) is 0. The van der Waals surface area contributed by atoms with Crippen molar-refractivity contribution in [2.45, 2.75) is 0 Å². The molecule has 4 heteroatoms. The normalized spacial score (nSPS) is 15.2. The summed E-state index contributed by atoms with van der Waals surface area (Å²) in [7, 11) is 0. The summed E-state index contributed by atoms with van der Waals surface area (Å²) in [6.45, 7) is 3.72. The zero-order valence-corrected chi connectivity index (χ0v) is 11.3. The number of nitroso groups, excluding NO2 is 1. The van der Waals surface area contributed by atoms with E-state index >= 15 is 0 Å². The van der Waals surface area contributed by atoms with Gasteiger partial charge in [-0.1, -0.05) is 30.3 Å². The van der Waals surface area contributed by atoms with E-state index in [1.54, 1.807) is 6.07 Å². The molecule has 3 rings (SSSR count). The zero-order valence-electron chi connectivity index (χ0n) is 11.3. The van der Waals surface area contributed by atoms with Crippen LogP contribution in [0.5, 0.6) is 0 Å². The summed E-state index contributed by atoms with van der Waals surface area (Å²) in [4.78, 5) is 15.5. The van der Waals surface area contributed by atoms with Crippen molar-refractivity contribution in [1.82, 2.24) is 0 Å². The Morgan fingerprint density at radius 2 is 1.35 bits per heavy atom. The highest BCUT2D eigenvalue weighted by molar-refractivity contribution is 5.67. The summed E-state index contributed by atoms with van der Waals surface area (Å²) in [5, 5.41) is 3.12. The van der Waals surface area contributed by atoms with E-state index in [1.165, 1.54) is 5.69 Å². The summed E-state index contributed by atoms with van der Waals surface area (Å²) in [6, 6.07) is 18.0. The molecule has 20 heavy (non-hydrogen) atoms. The molecule has 0 amide bonds. The second-order valence-corrected chi connectivity index (χ2v) is 4.89. The van der Waals surface area contributed by atoms with Gasteiger partial charge < -0.3 is 9.80 Å². The average molecular weight is 267 g/mol. The van der Waals surface area contributed by atoms with Crippen molar-refractivity contribution in [3.63, 3.8) is 0 Å². The van der Waals surface area contributed by atoms with Crippen LogP contribution < -0.4 is 9.80 Å². The number of rotatable bonds is 3. The minimum atomic E-state index is 0.528. The van der Waals surface area contributed by atoms with Crippen LogP contribution in [-0.2, 0) is 0 Å². The molecule has 0 spiro atoms. The van der Waals surface area contributed by atoms with Crippen molar-refractivity contribution in [3.8, 4) is 0 Å². The van der Waals surface area contributed by atoms with E-state index in [4.69, 9.17) is 0 Å². The molecule has 0 atom stereocenters. The van der Waals surface area contributed by atoms with Crippen molar-refractivity contribution in [2.75, 3.05) is 36.0 Å². The van der Waals surface area contributed by atoms with Crippen molar-refractivity contribution in [2.24, 2.45) is 5.18 Å². The van der Waals surface area contributed by atoms with Crippen LogP contribution in [0.15, 0.2) is 59.8 Å². The highest BCUT2D eigenvalue weighted by Crippen LogP contribution is 2.29. The maximum atomic E-state index is 10.9. The van der Waals surface area contributed by atoms with Crippen LogP contribution in [0.2, 0.25) is 0 Å². The Balaban J connectivity index is 1.71.